The molecule has 0 amide bonds. The molecule has 2 heterocycles. The van der Waals surface area contributed by atoms with Crippen molar-refractivity contribution in [1.82, 2.24) is 9.80 Å². The topological polar surface area (TPSA) is 6.48 Å². The highest BCUT2D eigenvalue weighted by atomic mass is 19.1. The van der Waals surface area contributed by atoms with Crippen molar-refractivity contribution in [1.29, 1.82) is 0 Å². The third kappa shape index (κ3) is 1.65. The molecule has 0 atom stereocenters. The van der Waals surface area contributed by atoms with Crippen LogP contribution in [-0.2, 0) is 0 Å². The molecule has 0 unspecified atom stereocenters. The summed E-state index contributed by atoms with van der Waals surface area (Å²) in [4.78, 5) is 4.25. The van der Waals surface area contributed by atoms with Crippen LogP contribution in [0.5, 0.6) is 0 Å². The lowest BCUT2D eigenvalue weighted by Gasteiger charge is -2.50. The van der Waals surface area contributed by atoms with Crippen LogP contribution in [0.2, 0.25) is 0 Å². The minimum atomic E-state index is -0.553. The van der Waals surface area contributed by atoms with E-state index in [9.17, 15) is 8.78 Å². The minimum absolute atomic E-state index is 0.358. The van der Waals surface area contributed by atoms with Gasteiger partial charge in [-0.15, -0.1) is 0 Å². The van der Waals surface area contributed by atoms with E-state index < -0.39 is 19.4 Å². The Morgan fingerprint density at radius 3 is 2.29 bits per heavy atom. The molecular weight excluding hydrogens is 186 g/mol. The standard InChI is InChI=1S/C10H18F2N2/c1-13-3-2-10(6-13)7-14(8-10)9(4-11)5-12/h9H,2-8H2,1H3. The Bertz CT molecular complexity index is 200. The predicted molar refractivity (Wildman–Crippen MR) is 51.9 cm³/mol. The zero-order valence-electron chi connectivity index (χ0n) is 8.68. The van der Waals surface area contributed by atoms with Crippen LogP contribution in [0.15, 0.2) is 0 Å². The highest BCUT2D eigenvalue weighted by Crippen LogP contribution is 2.39. The number of hydrogen-bond acceptors (Lipinski definition) is 2. The number of alkyl halides is 2. The molecule has 2 aliphatic heterocycles. The molecule has 2 aliphatic rings. The Morgan fingerprint density at radius 2 is 1.86 bits per heavy atom. The Kier molecular flexibility index (Phi) is 2.75. The smallest absolute Gasteiger partial charge is 0.107 e. The average Bonchev–Trinajstić information content (AvgIpc) is 2.49. The highest BCUT2D eigenvalue weighted by Gasteiger charge is 2.48. The second kappa shape index (κ2) is 3.74. The van der Waals surface area contributed by atoms with Crippen LogP contribution < -0.4 is 0 Å². The van der Waals surface area contributed by atoms with Gasteiger partial charge >= 0.3 is 0 Å². The summed E-state index contributed by atoms with van der Waals surface area (Å²) in [6.45, 7) is 2.88. The Balaban J connectivity index is 1.83. The molecule has 0 aromatic carbocycles. The second-order valence-electron chi connectivity index (χ2n) is 4.86. The van der Waals surface area contributed by atoms with Crippen LogP contribution in [0.3, 0.4) is 0 Å². The zero-order chi connectivity index (χ0) is 10.2. The summed E-state index contributed by atoms with van der Waals surface area (Å²) < 4.78 is 24.8. The highest BCUT2D eigenvalue weighted by molar-refractivity contribution is 5.02. The summed E-state index contributed by atoms with van der Waals surface area (Å²) in [6.07, 6.45) is 1.19. The van der Waals surface area contributed by atoms with Crippen molar-refractivity contribution in [3.05, 3.63) is 0 Å². The summed E-state index contributed by atoms with van der Waals surface area (Å²) >= 11 is 0. The molecule has 0 aromatic heterocycles. The number of halogens is 2. The largest absolute Gasteiger partial charge is 0.306 e. The van der Waals surface area contributed by atoms with Crippen LogP contribution >= 0.6 is 0 Å². The molecule has 0 aromatic rings. The van der Waals surface area contributed by atoms with E-state index in [1.165, 1.54) is 6.42 Å². The second-order valence-corrected chi connectivity index (χ2v) is 4.86. The van der Waals surface area contributed by atoms with Gasteiger partial charge in [0.1, 0.15) is 13.3 Å². The van der Waals surface area contributed by atoms with Gasteiger partial charge in [-0.25, -0.2) is 8.78 Å². The molecule has 1 spiro atoms. The average molecular weight is 204 g/mol. The van der Waals surface area contributed by atoms with Gasteiger partial charge in [-0.3, -0.25) is 4.90 Å². The Morgan fingerprint density at radius 1 is 1.21 bits per heavy atom. The molecule has 2 rings (SSSR count). The quantitative estimate of drug-likeness (QED) is 0.675. The normalized spacial score (nSPS) is 27.4. The van der Waals surface area contributed by atoms with Gasteiger partial charge in [0.05, 0.1) is 6.04 Å². The van der Waals surface area contributed by atoms with Gasteiger partial charge in [-0.2, -0.15) is 0 Å². The molecular formula is C10H18F2N2. The monoisotopic (exact) mass is 204 g/mol. The maximum atomic E-state index is 12.4. The van der Waals surface area contributed by atoms with Gasteiger partial charge in [0.2, 0.25) is 0 Å². The van der Waals surface area contributed by atoms with Crippen LogP contribution in [0, 0.1) is 5.41 Å². The predicted octanol–water partition coefficient (Wildman–Crippen LogP) is 0.931. The van der Waals surface area contributed by atoms with Gasteiger partial charge in [-0.05, 0) is 20.0 Å². The Labute approximate surface area is 83.9 Å². The third-order valence-electron chi connectivity index (χ3n) is 3.58. The van der Waals surface area contributed by atoms with E-state index in [0.29, 0.717) is 5.41 Å². The SMILES string of the molecule is CN1CCC2(C1)CN(C(CF)CF)C2. The van der Waals surface area contributed by atoms with Crippen molar-refractivity contribution in [3.8, 4) is 0 Å². The van der Waals surface area contributed by atoms with E-state index in [-0.39, 0.29) is 0 Å². The van der Waals surface area contributed by atoms with Crippen molar-refractivity contribution in [2.75, 3.05) is 46.6 Å². The number of likely N-dealkylation sites (tertiary alicyclic amines) is 2. The summed E-state index contributed by atoms with van der Waals surface area (Å²) in [6, 6.07) is -0.480. The molecule has 0 bridgehead atoms. The lowest BCUT2D eigenvalue weighted by Crippen LogP contribution is -2.61. The first-order valence-corrected chi connectivity index (χ1v) is 5.24. The van der Waals surface area contributed by atoms with Crippen LogP contribution in [0.25, 0.3) is 0 Å². The van der Waals surface area contributed by atoms with Gasteiger partial charge in [0, 0.05) is 25.0 Å². The molecule has 2 saturated heterocycles. The number of nitrogens with zero attached hydrogens (tertiary/aromatic N) is 2. The van der Waals surface area contributed by atoms with Gasteiger partial charge in [-0.1, -0.05) is 0 Å². The first kappa shape index (κ1) is 10.3. The summed E-state index contributed by atoms with van der Waals surface area (Å²) in [5.41, 5.74) is 0.358. The van der Waals surface area contributed by atoms with Gasteiger partial charge in [0.25, 0.3) is 0 Å². The van der Waals surface area contributed by atoms with Crippen molar-refractivity contribution in [2.24, 2.45) is 5.41 Å². The maximum absolute atomic E-state index is 12.4. The third-order valence-corrected chi connectivity index (χ3v) is 3.58. The van der Waals surface area contributed by atoms with Gasteiger partial charge < -0.3 is 4.90 Å². The first-order valence-electron chi connectivity index (χ1n) is 5.24. The van der Waals surface area contributed by atoms with E-state index in [2.05, 4.69) is 11.9 Å². The lowest BCUT2D eigenvalue weighted by atomic mass is 9.78. The van der Waals surface area contributed by atoms with E-state index in [1.807, 2.05) is 4.90 Å². The minimum Gasteiger partial charge on any atom is -0.306 e. The molecule has 4 heteroatoms. The van der Waals surface area contributed by atoms with E-state index >= 15 is 0 Å². The van der Waals surface area contributed by atoms with Crippen molar-refractivity contribution < 1.29 is 8.78 Å². The van der Waals surface area contributed by atoms with Gasteiger partial charge in [0.15, 0.2) is 0 Å². The molecule has 2 nitrogen and oxygen atoms in total. The molecule has 0 aliphatic carbocycles. The molecule has 14 heavy (non-hydrogen) atoms. The van der Waals surface area contributed by atoms with Crippen LogP contribution in [-0.4, -0.2) is 62.4 Å². The first-order chi connectivity index (χ1) is 6.69. The summed E-state index contributed by atoms with van der Waals surface area (Å²) in [5, 5.41) is 0. The number of hydrogen-bond donors (Lipinski definition) is 0. The van der Waals surface area contributed by atoms with E-state index in [4.69, 9.17) is 0 Å². The van der Waals surface area contributed by atoms with Crippen LogP contribution in [0.4, 0.5) is 8.78 Å². The molecule has 0 N–H and O–H groups in total. The molecule has 0 radical (unpaired) electrons. The Hall–Kier alpha value is -0.220. The van der Waals surface area contributed by atoms with Crippen molar-refractivity contribution in [2.45, 2.75) is 12.5 Å². The van der Waals surface area contributed by atoms with Crippen molar-refractivity contribution >= 4 is 0 Å². The van der Waals surface area contributed by atoms with E-state index in [0.717, 1.165) is 26.2 Å². The zero-order valence-corrected chi connectivity index (χ0v) is 8.68. The molecule has 82 valence electrons. The van der Waals surface area contributed by atoms with Crippen LogP contribution in [0.1, 0.15) is 6.42 Å². The summed E-state index contributed by atoms with van der Waals surface area (Å²) in [5.74, 6) is 0. The van der Waals surface area contributed by atoms with Crippen molar-refractivity contribution in [3.63, 3.8) is 0 Å². The van der Waals surface area contributed by atoms with E-state index in [1.54, 1.807) is 0 Å². The maximum Gasteiger partial charge on any atom is 0.107 e. The lowest BCUT2D eigenvalue weighted by molar-refractivity contribution is -0.0358. The fourth-order valence-electron chi connectivity index (χ4n) is 2.73. The number of rotatable bonds is 3. The fourth-order valence-corrected chi connectivity index (χ4v) is 2.73. The molecule has 2 fully saturated rings. The fraction of sp³-hybridized carbons (Fsp3) is 1.00. The summed E-state index contributed by atoms with van der Waals surface area (Å²) in [7, 11) is 2.11. The molecule has 0 saturated carbocycles.